The lowest BCUT2D eigenvalue weighted by molar-refractivity contribution is -0.119. The van der Waals surface area contributed by atoms with Crippen molar-refractivity contribution < 1.29 is 23.8 Å². The fourth-order valence-electron chi connectivity index (χ4n) is 2.84. The summed E-state index contributed by atoms with van der Waals surface area (Å²) >= 11 is 0. The van der Waals surface area contributed by atoms with Gasteiger partial charge < -0.3 is 19.5 Å². The third-order valence-corrected chi connectivity index (χ3v) is 4.22. The molecule has 0 saturated heterocycles. The molecule has 0 bridgehead atoms. The van der Waals surface area contributed by atoms with Crippen molar-refractivity contribution in [2.45, 2.75) is 26.7 Å². The van der Waals surface area contributed by atoms with Crippen LogP contribution in [0.25, 0.3) is 0 Å². The summed E-state index contributed by atoms with van der Waals surface area (Å²) in [6, 6.07) is 10.8. The molecule has 0 radical (unpaired) electrons. The van der Waals surface area contributed by atoms with Crippen molar-refractivity contribution in [2.75, 3.05) is 26.1 Å². The second-order valence-corrected chi connectivity index (χ2v) is 5.82. The molecule has 1 amide bonds. The molecule has 0 atom stereocenters. The average Bonchev–Trinajstić information content (AvgIpc) is 2.71. The maximum atomic E-state index is 12.4. The van der Waals surface area contributed by atoms with Crippen LogP contribution in [0.3, 0.4) is 0 Å². The summed E-state index contributed by atoms with van der Waals surface area (Å²) in [5.41, 5.74) is 3.09. The van der Waals surface area contributed by atoms with E-state index in [1.807, 2.05) is 32.0 Å². The molecule has 0 spiro atoms. The minimum Gasteiger partial charge on any atom is -0.493 e. The molecule has 2 aromatic rings. The van der Waals surface area contributed by atoms with Crippen LogP contribution in [-0.4, -0.2) is 32.7 Å². The van der Waals surface area contributed by atoms with Crippen LogP contribution in [0.2, 0.25) is 0 Å². The van der Waals surface area contributed by atoms with Gasteiger partial charge in [-0.25, -0.2) is 4.79 Å². The third kappa shape index (κ3) is 4.78. The molecule has 0 aliphatic carbocycles. The van der Waals surface area contributed by atoms with Crippen LogP contribution in [0.4, 0.5) is 5.69 Å². The Balaban J connectivity index is 2.08. The molecule has 0 fully saturated rings. The minimum absolute atomic E-state index is 0.202. The van der Waals surface area contributed by atoms with Crippen molar-refractivity contribution in [3.8, 4) is 11.5 Å². The van der Waals surface area contributed by atoms with E-state index >= 15 is 0 Å². The number of para-hydroxylation sites is 2. The van der Waals surface area contributed by atoms with Gasteiger partial charge in [0, 0.05) is 5.69 Å². The Hall–Kier alpha value is -3.02. The second kappa shape index (κ2) is 9.62. The molecule has 27 heavy (non-hydrogen) atoms. The molecular weight excluding hydrogens is 346 g/mol. The summed E-state index contributed by atoms with van der Waals surface area (Å²) in [5, 5.41) is 2.87. The molecule has 2 aromatic carbocycles. The molecule has 0 heterocycles. The number of benzene rings is 2. The van der Waals surface area contributed by atoms with Crippen LogP contribution in [0, 0.1) is 0 Å². The average molecular weight is 371 g/mol. The van der Waals surface area contributed by atoms with Crippen LogP contribution in [0.15, 0.2) is 36.4 Å². The van der Waals surface area contributed by atoms with E-state index in [1.165, 1.54) is 14.2 Å². The van der Waals surface area contributed by atoms with E-state index in [-0.39, 0.29) is 23.8 Å². The molecule has 2 rings (SSSR count). The van der Waals surface area contributed by atoms with E-state index < -0.39 is 5.97 Å². The number of aryl methyl sites for hydroxylation is 2. The van der Waals surface area contributed by atoms with Gasteiger partial charge >= 0.3 is 5.97 Å². The predicted octanol–water partition coefficient (Wildman–Crippen LogP) is 3.62. The van der Waals surface area contributed by atoms with Gasteiger partial charge in [-0.3, -0.25) is 4.79 Å². The van der Waals surface area contributed by atoms with E-state index in [9.17, 15) is 9.59 Å². The first-order valence-electron chi connectivity index (χ1n) is 8.84. The number of carbonyl (C=O) groups is 2. The van der Waals surface area contributed by atoms with Crippen LogP contribution in [0.1, 0.15) is 35.3 Å². The summed E-state index contributed by atoms with van der Waals surface area (Å²) in [6.07, 6.45) is 1.59. The fourth-order valence-corrected chi connectivity index (χ4v) is 2.84. The number of rotatable bonds is 8. The zero-order chi connectivity index (χ0) is 19.8. The third-order valence-electron chi connectivity index (χ3n) is 4.22. The van der Waals surface area contributed by atoms with Crippen molar-refractivity contribution in [2.24, 2.45) is 0 Å². The number of hydrogen-bond acceptors (Lipinski definition) is 5. The molecule has 0 aliphatic rings. The van der Waals surface area contributed by atoms with Gasteiger partial charge in [0.1, 0.15) is 5.56 Å². The van der Waals surface area contributed by atoms with Gasteiger partial charge in [-0.2, -0.15) is 0 Å². The lowest BCUT2D eigenvalue weighted by Crippen LogP contribution is -2.22. The van der Waals surface area contributed by atoms with Gasteiger partial charge in [-0.1, -0.05) is 38.1 Å². The number of methoxy groups -OCH3 is 2. The summed E-state index contributed by atoms with van der Waals surface area (Å²) in [6.45, 7) is 3.67. The topological polar surface area (TPSA) is 73.9 Å². The number of carbonyl (C=O) groups excluding carboxylic acids is 2. The second-order valence-electron chi connectivity index (χ2n) is 5.82. The molecule has 6 nitrogen and oxygen atoms in total. The first-order valence-corrected chi connectivity index (χ1v) is 8.84. The number of amides is 1. The summed E-state index contributed by atoms with van der Waals surface area (Å²) < 4.78 is 15.6. The number of esters is 1. The van der Waals surface area contributed by atoms with Gasteiger partial charge in [-0.05, 0) is 36.1 Å². The van der Waals surface area contributed by atoms with E-state index in [2.05, 4.69) is 5.32 Å². The summed E-state index contributed by atoms with van der Waals surface area (Å²) in [5.74, 6) is -0.350. The van der Waals surface area contributed by atoms with Gasteiger partial charge in [0.05, 0.1) is 14.2 Å². The van der Waals surface area contributed by atoms with Crippen molar-refractivity contribution in [3.05, 3.63) is 53.1 Å². The maximum absolute atomic E-state index is 12.4. The Morgan fingerprint density at radius 1 is 0.926 bits per heavy atom. The van der Waals surface area contributed by atoms with Crippen molar-refractivity contribution in [3.63, 3.8) is 0 Å². The van der Waals surface area contributed by atoms with Gasteiger partial charge in [0.25, 0.3) is 5.91 Å². The van der Waals surface area contributed by atoms with E-state index in [0.717, 1.165) is 29.7 Å². The molecule has 1 N–H and O–H groups in total. The summed E-state index contributed by atoms with van der Waals surface area (Å²) in [4.78, 5) is 24.7. The highest BCUT2D eigenvalue weighted by atomic mass is 16.5. The number of nitrogens with one attached hydrogen (secondary N) is 1. The Kier molecular flexibility index (Phi) is 7.23. The molecule has 0 aromatic heterocycles. The molecular formula is C21H25NO5. The van der Waals surface area contributed by atoms with Gasteiger partial charge in [0.15, 0.2) is 18.1 Å². The zero-order valence-corrected chi connectivity index (χ0v) is 16.1. The van der Waals surface area contributed by atoms with Crippen LogP contribution in [0.5, 0.6) is 11.5 Å². The number of anilines is 1. The molecule has 6 heteroatoms. The SMILES string of the molecule is CCc1cccc(CC)c1NC(=O)COC(=O)c1cccc(OC)c1OC. The largest absolute Gasteiger partial charge is 0.493 e. The lowest BCUT2D eigenvalue weighted by Gasteiger charge is -2.15. The first-order chi connectivity index (χ1) is 13.0. The first kappa shape index (κ1) is 20.3. The molecule has 0 unspecified atom stereocenters. The van der Waals surface area contributed by atoms with Crippen LogP contribution >= 0.6 is 0 Å². The van der Waals surface area contributed by atoms with Crippen molar-refractivity contribution >= 4 is 17.6 Å². The monoisotopic (exact) mass is 371 g/mol. The highest BCUT2D eigenvalue weighted by Gasteiger charge is 2.19. The van der Waals surface area contributed by atoms with Crippen molar-refractivity contribution in [1.82, 2.24) is 0 Å². The van der Waals surface area contributed by atoms with Crippen LogP contribution < -0.4 is 14.8 Å². The predicted molar refractivity (Wildman–Crippen MR) is 104 cm³/mol. The Bertz CT molecular complexity index is 794. The zero-order valence-electron chi connectivity index (χ0n) is 16.1. The number of ether oxygens (including phenoxy) is 3. The summed E-state index contributed by atoms with van der Waals surface area (Å²) in [7, 11) is 2.92. The van der Waals surface area contributed by atoms with E-state index in [1.54, 1.807) is 18.2 Å². The quantitative estimate of drug-likeness (QED) is 0.718. The smallest absolute Gasteiger partial charge is 0.342 e. The lowest BCUT2D eigenvalue weighted by atomic mass is 10.0. The van der Waals surface area contributed by atoms with E-state index in [4.69, 9.17) is 14.2 Å². The minimum atomic E-state index is -0.652. The number of hydrogen-bond donors (Lipinski definition) is 1. The van der Waals surface area contributed by atoms with Crippen LogP contribution in [-0.2, 0) is 22.4 Å². The highest BCUT2D eigenvalue weighted by Crippen LogP contribution is 2.31. The van der Waals surface area contributed by atoms with Gasteiger partial charge in [0.2, 0.25) is 0 Å². The molecule has 144 valence electrons. The highest BCUT2D eigenvalue weighted by molar-refractivity contribution is 5.98. The van der Waals surface area contributed by atoms with Gasteiger partial charge in [-0.15, -0.1) is 0 Å². The normalized spacial score (nSPS) is 10.2. The van der Waals surface area contributed by atoms with Crippen molar-refractivity contribution in [1.29, 1.82) is 0 Å². The maximum Gasteiger partial charge on any atom is 0.342 e. The fraction of sp³-hybridized carbons (Fsp3) is 0.333. The Labute approximate surface area is 159 Å². The Morgan fingerprint density at radius 3 is 2.11 bits per heavy atom. The molecule has 0 saturated carbocycles. The Morgan fingerprint density at radius 2 is 1.56 bits per heavy atom. The van der Waals surface area contributed by atoms with E-state index in [0.29, 0.717) is 5.75 Å². The molecule has 0 aliphatic heterocycles. The standard InChI is InChI=1S/C21H25NO5/c1-5-14-9-7-10-15(6-2)19(14)22-18(23)13-27-21(24)16-11-8-12-17(25-3)20(16)26-4/h7-12H,5-6,13H2,1-4H3,(H,22,23).